The van der Waals surface area contributed by atoms with Crippen LogP contribution < -0.4 is 5.73 Å². The molecule has 4 rings (SSSR count). The maximum absolute atomic E-state index is 9.49. The lowest BCUT2D eigenvalue weighted by molar-refractivity contribution is 0.00222. The SMILES string of the molecule is N#Cc1c(-c2ccc([C@@H]3CCCCO3)o2)cc(-c2ccc[nH]2)nc1N. The predicted molar refractivity (Wildman–Crippen MR) is 93.4 cm³/mol. The molecule has 0 unspecified atom stereocenters. The number of nitrogens with two attached hydrogens (primary N) is 1. The van der Waals surface area contributed by atoms with Crippen molar-refractivity contribution in [3.8, 4) is 28.8 Å². The molecule has 0 radical (unpaired) electrons. The average molecular weight is 334 g/mol. The van der Waals surface area contributed by atoms with E-state index < -0.39 is 0 Å². The van der Waals surface area contributed by atoms with Crippen molar-refractivity contribution >= 4 is 5.82 Å². The minimum atomic E-state index is -0.0184. The number of H-pyrrole nitrogens is 1. The number of nitrogen functional groups attached to an aromatic ring is 1. The fourth-order valence-electron chi connectivity index (χ4n) is 3.14. The summed E-state index contributed by atoms with van der Waals surface area (Å²) in [4.78, 5) is 7.43. The zero-order valence-corrected chi connectivity index (χ0v) is 13.7. The second kappa shape index (κ2) is 6.46. The first-order valence-electron chi connectivity index (χ1n) is 8.32. The van der Waals surface area contributed by atoms with Gasteiger partial charge in [-0.2, -0.15) is 5.26 Å². The fourth-order valence-corrected chi connectivity index (χ4v) is 3.14. The lowest BCUT2D eigenvalue weighted by Crippen LogP contribution is -2.10. The summed E-state index contributed by atoms with van der Waals surface area (Å²) in [5.74, 6) is 1.58. The summed E-state index contributed by atoms with van der Waals surface area (Å²) in [6.45, 7) is 0.753. The van der Waals surface area contributed by atoms with Crippen LogP contribution in [-0.4, -0.2) is 16.6 Å². The molecule has 0 saturated carbocycles. The summed E-state index contributed by atoms with van der Waals surface area (Å²) in [5.41, 5.74) is 8.48. The van der Waals surface area contributed by atoms with E-state index in [1.807, 2.05) is 36.5 Å². The number of anilines is 1. The molecule has 0 amide bonds. The van der Waals surface area contributed by atoms with Crippen molar-refractivity contribution in [1.82, 2.24) is 9.97 Å². The van der Waals surface area contributed by atoms with Crippen LogP contribution in [0.2, 0.25) is 0 Å². The largest absolute Gasteiger partial charge is 0.458 e. The number of ether oxygens (including phenoxy) is 1. The third-order valence-electron chi connectivity index (χ3n) is 4.42. The van der Waals surface area contributed by atoms with Gasteiger partial charge in [0.05, 0.1) is 11.4 Å². The lowest BCUT2D eigenvalue weighted by atomic mass is 10.1. The smallest absolute Gasteiger partial charge is 0.142 e. The molecule has 25 heavy (non-hydrogen) atoms. The van der Waals surface area contributed by atoms with Crippen LogP contribution in [0.5, 0.6) is 0 Å². The summed E-state index contributed by atoms with van der Waals surface area (Å²) >= 11 is 0. The molecular weight excluding hydrogens is 316 g/mol. The zero-order chi connectivity index (χ0) is 17.2. The number of hydrogen-bond donors (Lipinski definition) is 2. The molecule has 3 N–H and O–H groups in total. The third kappa shape index (κ3) is 2.90. The minimum absolute atomic E-state index is 0.0184. The number of aromatic nitrogens is 2. The minimum Gasteiger partial charge on any atom is -0.458 e. The van der Waals surface area contributed by atoms with Crippen molar-refractivity contribution in [3.63, 3.8) is 0 Å². The second-order valence-electron chi connectivity index (χ2n) is 6.07. The van der Waals surface area contributed by atoms with Gasteiger partial charge in [0.15, 0.2) is 0 Å². The van der Waals surface area contributed by atoms with E-state index in [0.29, 0.717) is 22.6 Å². The Kier molecular flexibility index (Phi) is 4.00. The topological polar surface area (TPSA) is 101 Å². The van der Waals surface area contributed by atoms with Crippen LogP contribution in [-0.2, 0) is 4.74 Å². The molecule has 0 bridgehead atoms. The summed E-state index contributed by atoms with van der Waals surface area (Å²) in [7, 11) is 0. The van der Waals surface area contributed by atoms with Gasteiger partial charge in [0.2, 0.25) is 0 Å². The lowest BCUT2D eigenvalue weighted by Gasteiger charge is -2.20. The number of rotatable bonds is 3. The predicted octanol–water partition coefficient (Wildman–Crippen LogP) is 4.03. The molecular formula is C19H18N4O2. The van der Waals surface area contributed by atoms with Gasteiger partial charge in [-0.1, -0.05) is 0 Å². The number of nitrogens with one attached hydrogen (secondary N) is 1. The summed E-state index contributed by atoms with van der Waals surface area (Å²) in [5, 5.41) is 9.49. The molecule has 6 heteroatoms. The summed E-state index contributed by atoms with van der Waals surface area (Å²) < 4.78 is 11.8. The van der Waals surface area contributed by atoms with Crippen LogP contribution in [0.4, 0.5) is 5.82 Å². The van der Waals surface area contributed by atoms with Gasteiger partial charge >= 0.3 is 0 Å². The van der Waals surface area contributed by atoms with Crippen LogP contribution in [0.3, 0.4) is 0 Å². The standard InChI is InChI=1S/C19H18N4O2/c20-11-13-12(10-15(23-19(13)21)14-4-3-8-22-14)16-6-7-18(25-16)17-5-1-2-9-24-17/h3-4,6-8,10,17,22H,1-2,5,9H2,(H2,21,23)/t17-/m0/s1. The Bertz CT molecular complexity index is 916. The molecule has 1 fully saturated rings. The molecule has 1 saturated heterocycles. The Morgan fingerprint density at radius 1 is 1.28 bits per heavy atom. The van der Waals surface area contributed by atoms with Crippen LogP contribution in [0.25, 0.3) is 22.7 Å². The van der Waals surface area contributed by atoms with Gasteiger partial charge in [0, 0.05) is 18.4 Å². The van der Waals surface area contributed by atoms with Crippen molar-refractivity contribution in [2.24, 2.45) is 0 Å². The maximum Gasteiger partial charge on any atom is 0.142 e. The highest BCUT2D eigenvalue weighted by Gasteiger charge is 2.22. The van der Waals surface area contributed by atoms with Gasteiger partial charge < -0.3 is 19.9 Å². The monoisotopic (exact) mass is 334 g/mol. The number of furan rings is 1. The van der Waals surface area contributed by atoms with E-state index in [-0.39, 0.29) is 11.9 Å². The highest BCUT2D eigenvalue weighted by atomic mass is 16.5. The number of hydrogen-bond acceptors (Lipinski definition) is 5. The molecule has 1 atom stereocenters. The fraction of sp³-hybridized carbons (Fsp3) is 0.263. The van der Waals surface area contributed by atoms with Crippen molar-refractivity contribution in [3.05, 3.63) is 47.9 Å². The molecule has 0 aromatic carbocycles. The molecule has 6 nitrogen and oxygen atoms in total. The number of pyridine rings is 1. The third-order valence-corrected chi connectivity index (χ3v) is 4.42. The van der Waals surface area contributed by atoms with Crippen LogP contribution in [0.1, 0.15) is 36.7 Å². The normalized spacial score (nSPS) is 17.3. The van der Waals surface area contributed by atoms with E-state index in [4.69, 9.17) is 14.9 Å². The van der Waals surface area contributed by atoms with E-state index >= 15 is 0 Å². The van der Waals surface area contributed by atoms with Gasteiger partial charge in [0.1, 0.15) is 35.1 Å². The Morgan fingerprint density at radius 2 is 2.20 bits per heavy atom. The molecule has 3 aromatic heterocycles. The highest BCUT2D eigenvalue weighted by Crippen LogP contribution is 2.35. The van der Waals surface area contributed by atoms with Gasteiger partial charge in [-0.15, -0.1) is 0 Å². The summed E-state index contributed by atoms with van der Waals surface area (Å²) in [6, 6.07) is 11.5. The van der Waals surface area contributed by atoms with E-state index in [1.54, 1.807) is 0 Å². The van der Waals surface area contributed by atoms with Crippen LogP contribution in [0.15, 0.2) is 40.9 Å². The first-order chi connectivity index (χ1) is 12.3. The second-order valence-corrected chi connectivity index (χ2v) is 6.07. The number of nitriles is 1. The van der Waals surface area contributed by atoms with Crippen molar-refractivity contribution in [1.29, 1.82) is 5.26 Å². The Hall–Kier alpha value is -3.04. The number of nitrogens with zero attached hydrogens (tertiary/aromatic N) is 2. The van der Waals surface area contributed by atoms with Crippen molar-refractivity contribution in [2.75, 3.05) is 12.3 Å². The number of aromatic amines is 1. The van der Waals surface area contributed by atoms with E-state index in [1.165, 1.54) is 0 Å². The molecule has 0 aliphatic carbocycles. The molecule has 1 aliphatic rings. The van der Waals surface area contributed by atoms with Gasteiger partial charge in [0.25, 0.3) is 0 Å². The first kappa shape index (κ1) is 15.5. The quantitative estimate of drug-likeness (QED) is 0.753. The zero-order valence-electron chi connectivity index (χ0n) is 13.7. The average Bonchev–Trinajstić information content (AvgIpc) is 3.34. The Labute approximate surface area is 145 Å². The molecule has 126 valence electrons. The first-order valence-corrected chi connectivity index (χ1v) is 8.32. The van der Waals surface area contributed by atoms with Gasteiger partial charge in [-0.25, -0.2) is 4.98 Å². The summed E-state index contributed by atoms with van der Waals surface area (Å²) in [6.07, 6.45) is 4.96. The van der Waals surface area contributed by atoms with Crippen molar-refractivity contribution in [2.45, 2.75) is 25.4 Å². The highest BCUT2D eigenvalue weighted by molar-refractivity contribution is 5.77. The molecule has 1 aliphatic heterocycles. The molecule has 0 spiro atoms. The van der Waals surface area contributed by atoms with Crippen LogP contribution >= 0.6 is 0 Å². The maximum atomic E-state index is 9.49. The van der Waals surface area contributed by atoms with E-state index in [9.17, 15) is 5.26 Å². The van der Waals surface area contributed by atoms with E-state index in [2.05, 4.69) is 16.0 Å². The van der Waals surface area contributed by atoms with Gasteiger partial charge in [-0.05, 0) is 49.6 Å². The molecule has 4 heterocycles. The van der Waals surface area contributed by atoms with Gasteiger partial charge in [-0.3, -0.25) is 0 Å². The Morgan fingerprint density at radius 3 is 2.92 bits per heavy atom. The van der Waals surface area contributed by atoms with Crippen LogP contribution in [0, 0.1) is 11.3 Å². The molecule has 3 aromatic rings. The van der Waals surface area contributed by atoms with E-state index in [0.717, 1.165) is 37.3 Å². The Balaban J connectivity index is 1.76. The van der Waals surface area contributed by atoms with Crippen molar-refractivity contribution < 1.29 is 9.15 Å².